The van der Waals surface area contributed by atoms with E-state index in [-0.39, 0.29) is 34.5 Å². The van der Waals surface area contributed by atoms with Crippen molar-refractivity contribution in [2.75, 3.05) is 32.2 Å². The fraction of sp³-hybridized carbons (Fsp3) is 0.435. The number of piperidine rings is 1. The van der Waals surface area contributed by atoms with E-state index >= 15 is 0 Å². The third kappa shape index (κ3) is 5.46. The number of hydrogen-bond acceptors (Lipinski definition) is 5. The van der Waals surface area contributed by atoms with E-state index in [4.69, 9.17) is 9.47 Å². The second-order valence-corrected chi connectivity index (χ2v) is 9.77. The van der Waals surface area contributed by atoms with Crippen molar-refractivity contribution in [3.63, 3.8) is 0 Å². The van der Waals surface area contributed by atoms with Crippen LogP contribution >= 0.6 is 0 Å². The number of sulfonamides is 1. The standard InChI is InChI=1S/C23H29FN2O5S/c1-16-7-9-19(32(28,29)26-11-5-4-6-17(26)2)15-20(16)23(27)25-18-8-10-22(21(24)14-18)31-13-12-30-3/h7-10,14-15,17H,4-6,11-13H2,1-3H3,(H,25,27). The fourth-order valence-electron chi connectivity index (χ4n) is 3.70. The van der Waals surface area contributed by atoms with Crippen LogP contribution in [0.4, 0.5) is 10.1 Å². The van der Waals surface area contributed by atoms with Crippen molar-refractivity contribution < 1.29 is 27.1 Å². The Kier molecular flexibility index (Phi) is 7.86. The molecular formula is C23H29FN2O5S. The van der Waals surface area contributed by atoms with Crippen molar-refractivity contribution in [2.45, 2.75) is 44.0 Å². The van der Waals surface area contributed by atoms with Crippen LogP contribution in [0.25, 0.3) is 0 Å². The Bertz CT molecular complexity index is 1070. The van der Waals surface area contributed by atoms with Gasteiger partial charge in [0.25, 0.3) is 5.91 Å². The van der Waals surface area contributed by atoms with E-state index < -0.39 is 21.7 Å². The zero-order valence-corrected chi connectivity index (χ0v) is 19.4. The molecule has 1 unspecified atom stereocenters. The molecule has 0 bridgehead atoms. The van der Waals surface area contributed by atoms with E-state index in [0.29, 0.717) is 18.7 Å². The smallest absolute Gasteiger partial charge is 0.255 e. The molecule has 7 nitrogen and oxygen atoms in total. The lowest BCUT2D eigenvalue weighted by Gasteiger charge is -2.32. The van der Waals surface area contributed by atoms with Crippen molar-refractivity contribution in [2.24, 2.45) is 0 Å². The van der Waals surface area contributed by atoms with Gasteiger partial charge < -0.3 is 14.8 Å². The minimum atomic E-state index is -3.71. The van der Waals surface area contributed by atoms with Crippen LogP contribution in [0.5, 0.6) is 5.75 Å². The maximum Gasteiger partial charge on any atom is 0.255 e. The predicted octanol–water partition coefficient (Wildman–Crippen LogP) is 3.97. The van der Waals surface area contributed by atoms with Crippen LogP contribution in [0, 0.1) is 12.7 Å². The minimum absolute atomic E-state index is 0.0555. The number of benzene rings is 2. The number of anilines is 1. The second kappa shape index (κ2) is 10.4. The summed E-state index contributed by atoms with van der Waals surface area (Å²) in [5.41, 5.74) is 1.08. The fourth-order valence-corrected chi connectivity index (χ4v) is 5.43. The molecular weight excluding hydrogens is 435 g/mol. The molecule has 0 radical (unpaired) electrons. The van der Waals surface area contributed by atoms with E-state index in [1.54, 1.807) is 13.0 Å². The molecule has 3 rings (SSSR count). The molecule has 1 saturated heterocycles. The van der Waals surface area contributed by atoms with E-state index in [1.807, 2.05) is 6.92 Å². The van der Waals surface area contributed by atoms with Gasteiger partial charge in [-0.2, -0.15) is 4.31 Å². The van der Waals surface area contributed by atoms with E-state index in [9.17, 15) is 17.6 Å². The number of nitrogens with zero attached hydrogens (tertiary/aromatic N) is 1. The lowest BCUT2D eigenvalue weighted by molar-refractivity contribution is 0.102. The molecule has 174 valence electrons. The SMILES string of the molecule is COCCOc1ccc(NC(=O)c2cc(S(=O)(=O)N3CCCCC3C)ccc2C)cc1F. The van der Waals surface area contributed by atoms with Gasteiger partial charge in [0.15, 0.2) is 11.6 Å². The van der Waals surface area contributed by atoms with Crippen molar-refractivity contribution >= 4 is 21.6 Å². The molecule has 0 saturated carbocycles. The van der Waals surface area contributed by atoms with Crippen LogP contribution in [-0.4, -0.2) is 51.5 Å². The first kappa shape index (κ1) is 24.2. The summed E-state index contributed by atoms with van der Waals surface area (Å²) in [4.78, 5) is 13.0. The summed E-state index contributed by atoms with van der Waals surface area (Å²) < 4.78 is 52.2. The van der Waals surface area contributed by atoms with Gasteiger partial charge in [0.05, 0.1) is 11.5 Å². The topological polar surface area (TPSA) is 84.9 Å². The van der Waals surface area contributed by atoms with Crippen molar-refractivity contribution in [1.82, 2.24) is 4.31 Å². The summed E-state index contributed by atoms with van der Waals surface area (Å²) in [5, 5.41) is 2.63. The molecule has 1 heterocycles. The highest BCUT2D eigenvalue weighted by atomic mass is 32.2. The van der Waals surface area contributed by atoms with E-state index in [1.165, 1.54) is 35.7 Å². The maximum absolute atomic E-state index is 14.3. The molecule has 32 heavy (non-hydrogen) atoms. The molecule has 1 aliphatic rings. The maximum atomic E-state index is 14.3. The van der Waals surface area contributed by atoms with Crippen LogP contribution in [-0.2, 0) is 14.8 Å². The van der Waals surface area contributed by atoms with Gasteiger partial charge in [0, 0.05) is 37.0 Å². The first-order valence-corrected chi connectivity index (χ1v) is 12.0. The number of methoxy groups -OCH3 is 1. The molecule has 2 aromatic carbocycles. The highest BCUT2D eigenvalue weighted by Crippen LogP contribution is 2.27. The quantitative estimate of drug-likeness (QED) is 0.598. The second-order valence-electron chi connectivity index (χ2n) is 7.88. The van der Waals surface area contributed by atoms with Crippen LogP contribution in [0.15, 0.2) is 41.3 Å². The average Bonchev–Trinajstić information content (AvgIpc) is 2.75. The van der Waals surface area contributed by atoms with Gasteiger partial charge >= 0.3 is 0 Å². The third-order valence-corrected chi connectivity index (χ3v) is 7.55. The Labute approximate surface area is 188 Å². The number of amides is 1. The largest absolute Gasteiger partial charge is 0.488 e. The molecule has 1 amide bonds. The molecule has 2 aromatic rings. The zero-order valence-electron chi connectivity index (χ0n) is 18.6. The number of carbonyl (C=O) groups excluding carboxylic acids is 1. The summed E-state index contributed by atoms with van der Waals surface area (Å²) in [7, 11) is -2.19. The lowest BCUT2D eigenvalue weighted by Crippen LogP contribution is -2.42. The highest BCUT2D eigenvalue weighted by molar-refractivity contribution is 7.89. The highest BCUT2D eigenvalue weighted by Gasteiger charge is 2.31. The zero-order chi connectivity index (χ0) is 23.3. The average molecular weight is 465 g/mol. The van der Waals surface area contributed by atoms with Crippen molar-refractivity contribution in [3.8, 4) is 5.75 Å². The van der Waals surface area contributed by atoms with Gasteiger partial charge in [0.1, 0.15) is 6.61 Å². The molecule has 9 heteroatoms. The van der Waals surface area contributed by atoms with Gasteiger partial charge in [0.2, 0.25) is 10.0 Å². The molecule has 1 atom stereocenters. The number of aryl methyl sites for hydroxylation is 1. The van der Waals surface area contributed by atoms with Gasteiger partial charge in [-0.05, 0) is 56.5 Å². The first-order valence-electron chi connectivity index (χ1n) is 10.6. The monoisotopic (exact) mass is 464 g/mol. The molecule has 1 N–H and O–H groups in total. The van der Waals surface area contributed by atoms with Crippen molar-refractivity contribution in [1.29, 1.82) is 0 Å². The van der Waals surface area contributed by atoms with Gasteiger partial charge in [-0.3, -0.25) is 4.79 Å². The van der Waals surface area contributed by atoms with Crippen LogP contribution in [0.1, 0.15) is 42.1 Å². The molecule has 1 fully saturated rings. The number of rotatable bonds is 8. The molecule has 1 aliphatic heterocycles. The summed E-state index contributed by atoms with van der Waals surface area (Å²) >= 11 is 0. The molecule has 0 spiro atoms. The number of carbonyl (C=O) groups is 1. The first-order chi connectivity index (χ1) is 15.2. The molecule has 0 aromatic heterocycles. The van der Waals surface area contributed by atoms with Gasteiger partial charge in [-0.1, -0.05) is 12.5 Å². The number of ether oxygens (including phenoxy) is 2. The summed E-state index contributed by atoms with van der Waals surface area (Å²) in [6.07, 6.45) is 2.64. The summed E-state index contributed by atoms with van der Waals surface area (Å²) in [6.45, 7) is 4.62. The summed E-state index contributed by atoms with van der Waals surface area (Å²) in [5.74, 6) is -1.08. The molecule has 0 aliphatic carbocycles. The van der Waals surface area contributed by atoms with Crippen LogP contribution < -0.4 is 10.1 Å². The number of hydrogen-bond donors (Lipinski definition) is 1. The van der Waals surface area contributed by atoms with Gasteiger partial charge in [-0.15, -0.1) is 0 Å². The Morgan fingerprint density at radius 1 is 1.19 bits per heavy atom. The van der Waals surface area contributed by atoms with Crippen LogP contribution in [0.3, 0.4) is 0 Å². The number of nitrogens with one attached hydrogen (secondary N) is 1. The van der Waals surface area contributed by atoms with E-state index in [2.05, 4.69) is 5.32 Å². The van der Waals surface area contributed by atoms with Gasteiger partial charge in [-0.25, -0.2) is 12.8 Å². The minimum Gasteiger partial charge on any atom is -0.488 e. The Morgan fingerprint density at radius 3 is 2.66 bits per heavy atom. The summed E-state index contributed by atoms with van der Waals surface area (Å²) in [6, 6.07) is 8.55. The Morgan fingerprint density at radius 2 is 1.97 bits per heavy atom. The predicted molar refractivity (Wildman–Crippen MR) is 120 cm³/mol. The normalized spacial score (nSPS) is 17.2. The van der Waals surface area contributed by atoms with Crippen molar-refractivity contribution in [3.05, 3.63) is 53.3 Å². The Balaban J connectivity index is 1.79. The third-order valence-electron chi connectivity index (χ3n) is 5.54. The van der Waals surface area contributed by atoms with Crippen LogP contribution in [0.2, 0.25) is 0 Å². The van der Waals surface area contributed by atoms with E-state index in [0.717, 1.165) is 25.3 Å². The Hall–Kier alpha value is -2.49. The lowest BCUT2D eigenvalue weighted by atomic mass is 10.1. The number of halogens is 1.